The lowest BCUT2D eigenvalue weighted by molar-refractivity contribution is -0.160. The standard InChI is InChI=1S/C24H25NO5/c1-12(2)21(24(29)30-11-18(26)13-6-4-3-5-7-13)25-22(27)19-14-8-9-15(17-10-16(14)17)20(19)23(25)28/h3-9,12,14-17,19-21H,10-11H2,1-2H3/t14-,15-,16-,17-,19+,20+,21-/m1/s1. The van der Waals surface area contributed by atoms with E-state index < -0.39 is 18.6 Å². The van der Waals surface area contributed by atoms with Crippen LogP contribution in [0.3, 0.4) is 0 Å². The lowest BCUT2D eigenvalue weighted by Gasteiger charge is -2.37. The Morgan fingerprint density at radius 2 is 1.57 bits per heavy atom. The second kappa shape index (κ2) is 6.89. The van der Waals surface area contributed by atoms with E-state index >= 15 is 0 Å². The van der Waals surface area contributed by atoms with Gasteiger partial charge in [-0.05, 0) is 36.0 Å². The fourth-order valence-corrected chi connectivity index (χ4v) is 5.86. The van der Waals surface area contributed by atoms with Crippen molar-refractivity contribution in [1.82, 2.24) is 4.90 Å². The Kier molecular flexibility index (Phi) is 4.42. The zero-order valence-corrected chi connectivity index (χ0v) is 17.1. The minimum Gasteiger partial charge on any atom is -0.456 e. The number of nitrogens with zero attached hydrogens (tertiary/aromatic N) is 1. The van der Waals surface area contributed by atoms with E-state index in [0.717, 1.165) is 11.3 Å². The summed E-state index contributed by atoms with van der Waals surface area (Å²) in [4.78, 5) is 53.0. The van der Waals surface area contributed by atoms with E-state index in [-0.39, 0.29) is 47.2 Å². The number of imide groups is 1. The number of hydrogen-bond acceptors (Lipinski definition) is 5. The molecule has 1 aromatic rings. The van der Waals surface area contributed by atoms with Gasteiger partial charge in [-0.2, -0.15) is 0 Å². The first kappa shape index (κ1) is 19.2. The molecule has 4 aliphatic carbocycles. The maximum atomic E-state index is 13.3. The van der Waals surface area contributed by atoms with Gasteiger partial charge in [0.25, 0.3) is 0 Å². The Morgan fingerprint density at radius 3 is 2.10 bits per heavy atom. The Balaban J connectivity index is 1.34. The van der Waals surface area contributed by atoms with Crippen LogP contribution in [-0.4, -0.2) is 41.1 Å². The molecule has 1 saturated heterocycles. The molecule has 0 spiro atoms. The van der Waals surface area contributed by atoms with Crippen LogP contribution in [0.4, 0.5) is 0 Å². The van der Waals surface area contributed by atoms with Gasteiger partial charge in [-0.15, -0.1) is 0 Å². The fourth-order valence-electron chi connectivity index (χ4n) is 5.86. The van der Waals surface area contributed by atoms with Gasteiger partial charge in [0, 0.05) is 5.56 Å². The van der Waals surface area contributed by atoms with Gasteiger partial charge in [0.2, 0.25) is 11.8 Å². The molecule has 1 aromatic carbocycles. The second-order valence-corrected chi connectivity index (χ2v) is 9.29. The minimum atomic E-state index is -1.00. The highest BCUT2D eigenvalue weighted by atomic mass is 16.5. The number of ketones is 1. The highest BCUT2D eigenvalue weighted by Gasteiger charge is 2.68. The number of allylic oxidation sites excluding steroid dienone is 2. The number of ether oxygens (including phenoxy) is 1. The monoisotopic (exact) mass is 407 g/mol. The molecule has 0 radical (unpaired) electrons. The van der Waals surface area contributed by atoms with Crippen LogP contribution >= 0.6 is 0 Å². The summed E-state index contributed by atoms with van der Waals surface area (Å²) in [6, 6.07) is 7.58. The summed E-state index contributed by atoms with van der Waals surface area (Å²) in [6.45, 7) is 3.17. The number of Topliss-reactive ketones (excluding diaryl/α,β-unsaturated/α-hetero) is 1. The van der Waals surface area contributed by atoms with Gasteiger partial charge in [-0.3, -0.25) is 19.3 Å². The lowest BCUT2D eigenvalue weighted by atomic mass is 9.63. The van der Waals surface area contributed by atoms with Crippen LogP contribution < -0.4 is 0 Å². The Bertz CT molecular complexity index is 916. The number of likely N-dealkylation sites (tertiary alicyclic amines) is 1. The molecular weight excluding hydrogens is 382 g/mol. The first-order chi connectivity index (χ1) is 14.4. The highest BCUT2D eigenvalue weighted by molar-refractivity contribution is 6.09. The van der Waals surface area contributed by atoms with Crippen LogP contribution in [-0.2, 0) is 19.1 Å². The lowest BCUT2D eigenvalue weighted by Crippen LogP contribution is -2.49. The summed E-state index contributed by atoms with van der Waals surface area (Å²) in [6.07, 6.45) is 5.30. The Labute approximate surface area is 175 Å². The molecule has 0 N–H and O–H groups in total. The van der Waals surface area contributed by atoms with Crippen molar-refractivity contribution in [2.24, 2.45) is 41.4 Å². The SMILES string of the molecule is CC(C)[C@H](C(=O)OCC(=O)c1ccccc1)N1C(=O)[C@H]2[C@@H]3C=C[C@H]([C@H]4C[C@H]34)[C@@H]2C1=O. The normalized spacial score (nSPS) is 34.0. The van der Waals surface area contributed by atoms with E-state index in [9.17, 15) is 19.2 Å². The van der Waals surface area contributed by atoms with E-state index in [1.54, 1.807) is 44.2 Å². The molecule has 156 valence electrons. The third kappa shape index (κ3) is 2.76. The third-order valence-corrected chi connectivity index (χ3v) is 7.29. The number of benzene rings is 1. The Hall–Kier alpha value is -2.76. The van der Waals surface area contributed by atoms with Crippen molar-refractivity contribution in [1.29, 1.82) is 0 Å². The minimum absolute atomic E-state index is 0.106. The molecule has 7 atom stereocenters. The summed E-state index contributed by atoms with van der Waals surface area (Å²) >= 11 is 0. The molecular formula is C24H25NO5. The predicted molar refractivity (Wildman–Crippen MR) is 107 cm³/mol. The predicted octanol–water partition coefficient (Wildman–Crippen LogP) is 2.49. The van der Waals surface area contributed by atoms with Crippen LogP contribution in [0.2, 0.25) is 0 Å². The van der Waals surface area contributed by atoms with Crippen molar-refractivity contribution in [3.63, 3.8) is 0 Å². The first-order valence-corrected chi connectivity index (χ1v) is 10.7. The van der Waals surface area contributed by atoms with Gasteiger partial charge < -0.3 is 4.74 Å². The summed E-state index contributed by atoms with van der Waals surface area (Å²) in [7, 11) is 0. The number of carbonyl (C=O) groups is 4. The molecule has 6 heteroatoms. The van der Waals surface area contributed by atoms with Crippen LogP contribution in [0, 0.1) is 41.4 Å². The summed E-state index contributed by atoms with van der Waals surface area (Å²) in [5.41, 5.74) is 0.451. The topological polar surface area (TPSA) is 80.8 Å². The molecule has 30 heavy (non-hydrogen) atoms. The van der Waals surface area contributed by atoms with Gasteiger partial charge in [0.1, 0.15) is 6.04 Å². The summed E-state index contributed by atoms with van der Waals surface area (Å²) in [5, 5.41) is 0. The van der Waals surface area contributed by atoms with Gasteiger partial charge >= 0.3 is 5.97 Å². The number of rotatable bonds is 6. The second-order valence-electron chi connectivity index (χ2n) is 9.29. The van der Waals surface area contributed by atoms with E-state index in [0.29, 0.717) is 17.4 Å². The zero-order chi connectivity index (χ0) is 21.2. The quantitative estimate of drug-likeness (QED) is 0.313. The van der Waals surface area contributed by atoms with E-state index in [1.807, 2.05) is 0 Å². The van der Waals surface area contributed by atoms with Gasteiger partial charge in [-0.1, -0.05) is 56.3 Å². The first-order valence-electron chi connectivity index (χ1n) is 10.7. The maximum absolute atomic E-state index is 13.3. The van der Waals surface area contributed by atoms with Crippen molar-refractivity contribution in [2.45, 2.75) is 26.3 Å². The van der Waals surface area contributed by atoms with Crippen molar-refractivity contribution >= 4 is 23.6 Å². The number of amides is 2. The summed E-state index contributed by atoms with van der Waals surface area (Å²) in [5.74, 6) is -1.30. The molecule has 0 aromatic heterocycles. The van der Waals surface area contributed by atoms with E-state index in [2.05, 4.69) is 12.2 Å². The van der Waals surface area contributed by atoms with Crippen molar-refractivity contribution in [2.75, 3.05) is 6.61 Å². The van der Waals surface area contributed by atoms with E-state index in [4.69, 9.17) is 4.74 Å². The smallest absolute Gasteiger partial charge is 0.330 e. The van der Waals surface area contributed by atoms with Gasteiger partial charge in [0.15, 0.2) is 12.4 Å². The molecule has 2 bridgehead atoms. The zero-order valence-electron chi connectivity index (χ0n) is 17.1. The highest BCUT2D eigenvalue weighted by Crippen LogP contribution is 2.65. The maximum Gasteiger partial charge on any atom is 0.330 e. The number of carbonyl (C=O) groups excluding carboxylic acids is 4. The van der Waals surface area contributed by atoms with E-state index in [1.165, 1.54) is 0 Å². The average molecular weight is 407 g/mol. The van der Waals surface area contributed by atoms with Crippen LogP contribution in [0.5, 0.6) is 0 Å². The third-order valence-electron chi connectivity index (χ3n) is 7.29. The molecule has 0 unspecified atom stereocenters. The molecule has 3 fully saturated rings. The van der Waals surface area contributed by atoms with Crippen molar-refractivity contribution < 1.29 is 23.9 Å². The molecule has 6 rings (SSSR count). The molecule has 6 nitrogen and oxygen atoms in total. The largest absolute Gasteiger partial charge is 0.456 e. The molecule has 1 aliphatic heterocycles. The van der Waals surface area contributed by atoms with Gasteiger partial charge in [-0.25, -0.2) is 4.79 Å². The van der Waals surface area contributed by atoms with Crippen LogP contribution in [0.15, 0.2) is 42.5 Å². The van der Waals surface area contributed by atoms with Crippen LogP contribution in [0.1, 0.15) is 30.6 Å². The summed E-state index contributed by atoms with van der Waals surface area (Å²) < 4.78 is 5.29. The van der Waals surface area contributed by atoms with Crippen molar-refractivity contribution in [3.8, 4) is 0 Å². The van der Waals surface area contributed by atoms with Crippen molar-refractivity contribution in [3.05, 3.63) is 48.0 Å². The number of hydrogen-bond donors (Lipinski definition) is 0. The van der Waals surface area contributed by atoms with Gasteiger partial charge in [0.05, 0.1) is 11.8 Å². The molecule has 5 aliphatic rings. The van der Waals surface area contributed by atoms with Crippen LogP contribution in [0.25, 0.3) is 0 Å². The molecule has 2 amide bonds. The number of esters is 1. The molecule has 2 saturated carbocycles. The fraction of sp³-hybridized carbons (Fsp3) is 0.500. The Morgan fingerprint density at radius 1 is 1.00 bits per heavy atom. The average Bonchev–Trinajstić information content (AvgIpc) is 3.53. The molecule has 1 heterocycles.